The fourth-order valence-electron chi connectivity index (χ4n) is 3.20. The van der Waals surface area contributed by atoms with Gasteiger partial charge >= 0.3 is 5.69 Å². The molecule has 25 heavy (non-hydrogen) atoms. The van der Waals surface area contributed by atoms with Crippen LogP contribution in [0.1, 0.15) is 44.2 Å². The number of ether oxygens (including phenoxy) is 1. The first-order valence-electron chi connectivity index (χ1n) is 8.44. The van der Waals surface area contributed by atoms with Crippen LogP contribution in [0, 0.1) is 10.1 Å². The van der Waals surface area contributed by atoms with Crippen LogP contribution in [0.15, 0.2) is 18.2 Å². The van der Waals surface area contributed by atoms with Crippen molar-refractivity contribution in [2.45, 2.75) is 38.6 Å². The summed E-state index contributed by atoms with van der Waals surface area (Å²) in [7, 11) is 1.47. The lowest BCUT2D eigenvalue weighted by molar-refractivity contribution is -0.385. The maximum absolute atomic E-state index is 11.3. The summed E-state index contributed by atoms with van der Waals surface area (Å²) in [5.74, 6) is 0.325. The first-order chi connectivity index (χ1) is 11.2. The number of benzene rings is 1. The molecule has 0 aromatic heterocycles. The predicted molar refractivity (Wildman–Crippen MR) is 105 cm³/mol. The molecule has 1 saturated heterocycles. The van der Waals surface area contributed by atoms with Gasteiger partial charge in [0.1, 0.15) is 0 Å². The molecule has 1 atom stereocenters. The number of rotatable bonds is 8. The van der Waals surface area contributed by atoms with E-state index in [0.29, 0.717) is 5.75 Å². The minimum atomic E-state index is -0.358. The van der Waals surface area contributed by atoms with Gasteiger partial charge in [-0.05, 0) is 18.1 Å². The molecule has 1 aromatic carbocycles. The minimum absolute atomic E-state index is 0. The molecule has 1 aromatic rings. The Labute approximate surface area is 162 Å². The molecule has 144 valence electrons. The van der Waals surface area contributed by atoms with E-state index >= 15 is 0 Å². The van der Waals surface area contributed by atoms with Gasteiger partial charge in [-0.25, -0.2) is 0 Å². The Morgan fingerprint density at radius 2 is 1.96 bits per heavy atom. The highest BCUT2D eigenvalue weighted by Crippen LogP contribution is 2.34. The van der Waals surface area contributed by atoms with Crippen LogP contribution in [0.4, 0.5) is 5.69 Å². The molecular weight excluding hydrogens is 365 g/mol. The summed E-state index contributed by atoms with van der Waals surface area (Å²) in [5, 5.41) is 14.7. The van der Waals surface area contributed by atoms with Crippen molar-refractivity contribution in [3.8, 4) is 5.75 Å². The second kappa shape index (κ2) is 12.3. The molecule has 2 rings (SSSR count). The number of unbranched alkanes of at least 4 members (excludes halogenated alkanes) is 2. The number of piperazine rings is 1. The molecule has 0 spiro atoms. The predicted octanol–water partition coefficient (Wildman–Crippen LogP) is 3.97. The van der Waals surface area contributed by atoms with Gasteiger partial charge in [-0.1, -0.05) is 32.3 Å². The van der Waals surface area contributed by atoms with Crippen LogP contribution >= 0.6 is 24.8 Å². The second-order valence-electron chi connectivity index (χ2n) is 5.99. The minimum Gasteiger partial charge on any atom is -0.490 e. The fraction of sp³-hybridized carbons (Fsp3) is 0.647. The molecule has 1 aliphatic rings. The summed E-state index contributed by atoms with van der Waals surface area (Å²) in [5.41, 5.74) is 1.08. The van der Waals surface area contributed by atoms with E-state index in [0.717, 1.165) is 44.6 Å². The van der Waals surface area contributed by atoms with Crippen LogP contribution in [0.3, 0.4) is 0 Å². The smallest absolute Gasteiger partial charge is 0.311 e. The Hall–Kier alpha value is -1.08. The number of halogens is 2. The molecular formula is C17H29Cl2N3O3. The van der Waals surface area contributed by atoms with E-state index in [9.17, 15) is 10.1 Å². The van der Waals surface area contributed by atoms with Crippen LogP contribution in [0.5, 0.6) is 5.75 Å². The number of nitro benzene ring substituents is 1. The van der Waals surface area contributed by atoms with E-state index in [1.165, 1.54) is 20.0 Å². The normalized spacial score (nSPS) is 15.6. The quantitative estimate of drug-likeness (QED) is 0.411. The van der Waals surface area contributed by atoms with Gasteiger partial charge in [0.15, 0.2) is 5.75 Å². The highest BCUT2D eigenvalue weighted by Gasteiger charge is 2.25. The van der Waals surface area contributed by atoms with E-state index in [2.05, 4.69) is 17.1 Å². The third-order valence-corrected chi connectivity index (χ3v) is 4.46. The van der Waals surface area contributed by atoms with E-state index in [1.807, 2.05) is 6.07 Å². The van der Waals surface area contributed by atoms with Gasteiger partial charge in [-0.3, -0.25) is 15.0 Å². The van der Waals surface area contributed by atoms with Gasteiger partial charge in [0.05, 0.1) is 12.0 Å². The van der Waals surface area contributed by atoms with Gasteiger partial charge in [0, 0.05) is 38.3 Å². The standard InChI is InChI=1S/C17H27N3O3.2ClH/c1-3-4-5-6-15(19-11-9-18-10-12-19)14-7-8-17(23-2)16(13-14)20(21)22;;/h7-8,13,15,18H,3-6,9-12H2,1-2H3;2*1H/t15-;;/m0../s1. The largest absolute Gasteiger partial charge is 0.490 e. The molecule has 0 aliphatic carbocycles. The Morgan fingerprint density at radius 1 is 1.28 bits per heavy atom. The van der Waals surface area contributed by atoms with Crippen LogP contribution in [0.2, 0.25) is 0 Å². The average molecular weight is 394 g/mol. The lowest BCUT2D eigenvalue weighted by Crippen LogP contribution is -2.45. The van der Waals surface area contributed by atoms with Crippen molar-refractivity contribution >= 4 is 30.5 Å². The molecule has 6 nitrogen and oxygen atoms in total. The lowest BCUT2D eigenvalue weighted by Gasteiger charge is -2.35. The first-order valence-corrected chi connectivity index (χ1v) is 8.44. The van der Waals surface area contributed by atoms with E-state index < -0.39 is 0 Å². The third-order valence-electron chi connectivity index (χ3n) is 4.46. The lowest BCUT2D eigenvalue weighted by atomic mass is 9.97. The summed E-state index contributed by atoms with van der Waals surface area (Å²) in [6, 6.07) is 5.64. The monoisotopic (exact) mass is 393 g/mol. The number of nitrogens with zero attached hydrogens (tertiary/aromatic N) is 2. The zero-order valence-electron chi connectivity index (χ0n) is 14.9. The summed E-state index contributed by atoms with van der Waals surface area (Å²) in [4.78, 5) is 13.4. The van der Waals surface area contributed by atoms with Gasteiger partial charge in [0.25, 0.3) is 0 Å². The highest BCUT2D eigenvalue weighted by molar-refractivity contribution is 5.85. The van der Waals surface area contributed by atoms with Crippen LogP contribution in [0.25, 0.3) is 0 Å². The van der Waals surface area contributed by atoms with Crippen molar-refractivity contribution in [3.63, 3.8) is 0 Å². The third kappa shape index (κ3) is 6.62. The molecule has 1 N–H and O–H groups in total. The zero-order chi connectivity index (χ0) is 16.7. The van der Waals surface area contributed by atoms with E-state index in [1.54, 1.807) is 12.1 Å². The average Bonchev–Trinajstić information content (AvgIpc) is 2.59. The van der Waals surface area contributed by atoms with Gasteiger partial charge in [-0.2, -0.15) is 0 Å². The van der Waals surface area contributed by atoms with Crippen LogP contribution in [-0.2, 0) is 0 Å². The number of hydrogen-bond acceptors (Lipinski definition) is 5. The zero-order valence-corrected chi connectivity index (χ0v) is 16.5. The molecule has 0 radical (unpaired) electrons. The van der Waals surface area contributed by atoms with E-state index in [4.69, 9.17) is 4.74 Å². The molecule has 1 fully saturated rings. The van der Waals surface area contributed by atoms with Gasteiger partial charge in [0.2, 0.25) is 0 Å². The number of methoxy groups -OCH3 is 1. The fourth-order valence-corrected chi connectivity index (χ4v) is 3.20. The van der Waals surface area contributed by atoms with Crippen LogP contribution < -0.4 is 10.1 Å². The molecule has 0 amide bonds. The summed E-state index contributed by atoms with van der Waals surface area (Å²) >= 11 is 0. The number of nitrogens with one attached hydrogen (secondary N) is 1. The van der Waals surface area contributed by atoms with Gasteiger partial charge in [-0.15, -0.1) is 24.8 Å². The van der Waals surface area contributed by atoms with Crippen molar-refractivity contribution in [2.24, 2.45) is 0 Å². The van der Waals surface area contributed by atoms with Crippen molar-refractivity contribution in [1.82, 2.24) is 10.2 Å². The second-order valence-corrected chi connectivity index (χ2v) is 5.99. The molecule has 0 unspecified atom stereocenters. The van der Waals surface area contributed by atoms with Crippen molar-refractivity contribution in [1.29, 1.82) is 0 Å². The molecule has 8 heteroatoms. The van der Waals surface area contributed by atoms with Crippen molar-refractivity contribution in [3.05, 3.63) is 33.9 Å². The molecule has 1 aliphatic heterocycles. The molecule has 0 saturated carbocycles. The van der Waals surface area contributed by atoms with Gasteiger partial charge < -0.3 is 10.1 Å². The van der Waals surface area contributed by atoms with Crippen molar-refractivity contribution < 1.29 is 9.66 Å². The Kier molecular flexibility index (Phi) is 11.8. The number of nitro groups is 1. The number of hydrogen-bond donors (Lipinski definition) is 1. The maximum atomic E-state index is 11.3. The highest BCUT2D eigenvalue weighted by atomic mass is 35.5. The Bertz CT molecular complexity index is 526. The topological polar surface area (TPSA) is 67.6 Å². The van der Waals surface area contributed by atoms with Crippen molar-refractivity contribution in [2.75, 3.05) is 33.3 Å². The summed E-state index contributed by atoms with van der Waals surface area (Å²) < 4.78 is 5.12. The Morgan fingerprint density at radius 3 is 2.52 bits per heavy atom. The summed E-state index contributed by atoms with van der Waals surface area (Å²) in [6.07, 6.45) is 4.56. The SMILES string of the molecule is CCCCC[C@@H](c1ccc(OC)c([N+](=O)[O-])c1)N1CCNCC1.Cl.Cl. The molecule has 1 heterocycles. The molecule has 0 bridgehead atoms. The van der Waals surface area contributed by atoms with Crippen LogP contribution in [-0.4, -0.2) is 43.1 Å². The van der Waals surface area contributed by atoms with E-state index in [-0.39, 0.29) is 41.5 Å². The Balaban J connectivity index is 0.00000288. The first kappa shape index (κ1) is 23.9. The summed E-state index contributed by atoms with van der Waals surface area (Å²) in [6.45, 7) is 6.11. The maximum Gasteiger partial charge on any atom is 0.311 e.